The van der Waals surface area contributed by atoms with Crippen LogP contribution in [0.15, 0.2) is 12.4 Å². The first-order valence-corrected chi connectivity index (χ1v) is 15.8. The van der Waals surface area contributed by atoms with Gasteiger partial charge in [0.2, 0.25) is 0 Å². The molecule has 0 radical (unpaired) electrons. The molecule has 1 aromatic heterocycles. The lowest BCUT2D eigenvalue weighted by atomic mass is 10.0. The molecule has 0 saturated heterocycles. The van der Waals surface area contributed by atoms with Crippen molar-refractivity contribution in [2.75, 3.05) is 0 Å². The summed E-state index contributed by atoms with van der Waals surface area (Å²) >= 11 is 0. The smallest absolute Gasteiger partial charge is 0.237 e. The van der Waals surface area contributed by atoms with Crippen molar-refractivity contribution in [3.05, 3.63) is 18.2 Å². The molecule has 1 rings (SSSR count). The Bertz CT molecular complexity index is 533. The summed E-state index contributed by atoms with van der Waals surface area (Å²) in [6.45, 7) is 5.82. The Balaban J connectivity index is 1.96. The summed E-state index contributed by atoms with van der Waals surface area (Å²) in [5.74, 6) is 1.54. The summed E-state index contributed by atoms with van der Waals surface area (Å²) in [5, 5.41) is 0. The van der Waals surface area contributed by atoms with Gasteiger partial charge >= 0.3 is 0 Å². The second-order valence-electron chi connectivity index (χ2n) is 11.0. The Morgan fingerprint density at radius 1 is 0.500 bits per heavy atom. The Hall–Kier alpha value is -0.790. The van der Waals surface area contributed by atoms with Crippen molar-refractivity contribution in [1.29, 1.82) is 0 Å². The van der Waals surface area contributed by atoms with E-state index >= 15 is 0 Å². The molecule has 0 N–H and O–H groups in total. The highest BCUT2D eigenvalue weighted by molar-refractivity contribution is 4.82. The Morgan fingerprint density at radius 2 is 0.853 bits per heavy atom. The highest BCUT2D eigenvalue weighted by Gasteiger charge is 2.13. The van der Waals surface area contributed by atoms with Crippen molar-refractivity contribution in [2.24, 2.45) is 7.05 Å². The quantitative estimate of drug-likeness (QED) is 0.0930. The lowest BCUT2D eigenvalue weighted by Crippen LogP contribution is -2.37. The zero-order chi connectivity index (χ0) is 24.5. The third-order valence-electron chi connectivity index (χ3n) is 7.72. The van der Waals surface area contributed by atoms with E-state index in [-0.39, 0.29) is 0 Å². The average molecular weight is 476 g/mol. The molecule has 0 spiro atoms. The molecule has 0 aliphatic carbocycles. The van der Waals surface area contributed by atoms with E-state index in [1.807, 2.05) is 0 Å². The average Bonchev–Trinajstić information content (AvgIpc) is 3.19. The van der Waals surface area contributed by atoms with Crippen LogP contribution in [0.4, 0.5) is 0 Å². The molecule has 34 heavy (non-hydrogen) atoms. The predicted octanol–water partition coefficient (Wildman–Crippen LogP) is 10.3. The number of nitrogens with zero attached hydrogens (tertiary/aromatic N) is 2. The fourth-order valence-corrected chi connectivity index (χ4v) is 5.33. The number of aryl methyl sites for hydroxylation is 2. The normalized spacial score (nSPS) is 11.5. The van der Waals surface area contributed by atoms with Crippen molar-refractivity contribution in [2.45, 2.75) is 181 Å². The van der Waals surface area contributed by atoms with Gasteiger partial charge in [-0.15, -0.1) is 0 Å². The van der Waals surface area contributed by atoms with Crippen LogP contribution in [-0.4, -0.2) is 4.57 Å². The van der Waals surface area contributed by atoms with Gasteiger partial charge in [0, 0.05) is 6.42 Å². The summed E-state index contributed by atoms with van der Waals surface area (Å²) in [4.78, 5) is 0. The summed E-state index contributed by atoms with van der Waals surface area (Å²) in [6.07, 6.45) is 40.2. The third kappa shape index (κ3) is 17.6. The van der Waals surface area contributed by atoms with E-state index in [2.05, 4.69) is 42.4 Å². The van der Waals surface area contributed by atoms with Gasteiger partial charge in [-0.25, -0.2) is 9.13 Å². The van der Waals surface area contributed by atoms with Gasteiger partial charge in [-0.05, 0) is 19.3 Å². The van der Waals surface area contributed by atoms with Gasteiger partial charge in [-0.1, -0.05) is 149 Å². The molecule has 0 saturated carbocycles. The third-order valence-corrected chi connectivity index (χ3v) is 7.72. The molecule has 0 aliphatic rings. The lowest BCUT2D eigenvalue weighted by Gasteiger charge is -2.05. The van der Waals surface area contributed by atoms with Crippen LogP contribution in [0.25, 0.3) is 0 Å². The number of hydrogen-bond donors (Lipinski definition) is 0. The van der Waals surface area contributed by atoms with Crippen molar-refractivity contribution < 1.29 is 4.57 Å². The Kier molecular flexibility index (Phi) is 22.0. The first kappa shape index (κ1) is 31.2. The molecular weight excluding hydrogens is 412 g/mol. The van der Waals surface area contributed by atoms with Gasteiger partial charge in [0.25, 0.3) is 5.82 Å². The minimum absolute atomic E-state index is 1.21. The fraction of sp³-hybridized carbons (Fsp3) is 0.906. The van der Waals surface area contributed by atoms with Crippen molar-refractivity contribution in [3.8, 4) is 0 Å². The number of rotatable bonds is 26. The second-order valence-corrected chi connectivity index (χ2v) is 11.0. The highest BCUT2D eigenvalue weighted by Crippen LogP contribution is 2.14. The molecule has 2 heteroatoms. The zero-order valence-electron chi connectivity index (χ0n) is 23.9. The first-order valence-electron chi connectivity index (χ1n) is 15.8. The minimum Gasteiger partial charge on any atom is -0.237 e. The van der Waals surface area contributed by atoms with Gasteiger partial charge in [-0.3, -0.25) is 0 Å². The van der Waals surface area contributed by atoms with Crippen LogP contribution < -0.4 is 4.57 Å². The van der Waals surface area contributed by atoms with Crippen molar-refractivity contribution >= 4 is 0 Å². The minimum atomic E-state index is 1.21. The van der Waals surface area contributed by atoms with Crippen LogP contribution in [0, 0.1) is 0 Å². The molecule has 1 heterocycles. The maximum Gasteiger partial charge on any atom is 0.256 e. The number of aromatic nitrogens is 2. The summed E-state index contributed by atoms with van der Waals surface area (Å²) in [5.41, 5.74) is 0. The predicted molar refractivity (Wildman–Crippen MR) is 151 cm³/mol. The van der Waals surface area contributed by atoms with Gasteiger partial charge in [0.1, 0.15) is 12.4 Å². The van der Waals surface area contributed by atoms with Gasteiger partial charge in [0.15, 0.2) is 0 Å². The standard InChI is InChI=1S/C32H63N2/c1-4-6-8-10-12-14-16-17-18-19-20-22-24-26-28-32-33(3)30-31-34(32)29-27-25-23-21-15-13-11-9-7-5-2/h30-31H,4-29H2,1-3H3/q+1. The molecule has 2 nitrogen and oxygen atoms in total. The number of unbranched alkanes of at least 4 members (excludes halogenated alkanes) is 22. The van der Waals surface area contributed by atoms with E-state index in [1.54, 1.807) is 0 Å². The van der Waals surface area contributed by atoms with E-state index in [4.69, 9.17) is 0 Å². The topological polar surface area (TPSA) is 8.81 Å². The van der Waals surface area contributed by atoms with E-state index < -0.39 is 0 Å². The fourth-order valence-electron chi connectivity index (χ4n) is 5.33. The van der Waals surface area contributed by atoms with Crippen LogP contribution >= 0.6 is 0 Å². The van der Waals surface area contributed by atoms with Crippen LogP contribution in [0.5, 0.6) is 0 Å². The van der Waals surface area contributed by atoms with Gasteiger partial charge < -0.3 is 0 Å². The van der Waals surface area contributed by atoms with Crippen molar-refractivity contribution in [1.82, 2.24) is 4.57 Å². The molecular formula is C32H63N2+. The molecule has 0 fully saturated rings. The molecule has 0 unspecified atom stereocenters. The lowest BCUT2D eigenvalue weighted by molar-refractivity contribution is -0.704. The Labute approximate surface area is 215 Å². The number of imidazole rings is 1. The summed E-state index contributed by atoms with van der Waals surface area (Å²) < 4.78 is 4.89. The summed E-state index contributed by atoms with van der Waals surface area (Å²) in [7, 11) is 2.23. The Morgan fingerprint density at radius 3 is 1.26 bits per heavy atom. The van der Waals surface area contributed by atoms with Crippen molar-refractivity contribution in [3.63, 3.8) is 0 Å². The maximum atomic E-state index is 2.53. The van der Waals surface area contributed by atoms with Crippen LogP contribution in [-0.2, 0) is 20.0 Å². The van der Waals surface area contributed by atoms with Gasteiger partial charge in [0.05, 0.1) is 13.6 Å². The molecule has 200 valence electrons. The monoisotopic (exact) mass is 475 g/mol. The zero-order valence-corrected chi connectivity index (χ0v) is 23.9. The molecule has 0 aromatic carbocycles. The summed E-state index contributed by atoms with van der Waals surface area (Å²) in [6, 6.07) is 0. The van der Waals surface area contributed by atoms with Crippen LogP contribution in [0.3, 0.4) is 0 Å². The molecule has 1 aromatic rings. The van der Waals surface area contributed by atoms with E-state index in [9.17, 15) is 0 Å². The molecule has 0 atom stereocenters. The molecule has 0 bridgehead atoms. The van der Waals surface area contributed by atoms with Crippen LogP contribution in [0.1, 0.15) is 174 Å². The SMILES string of the molecule is CCCCCCCCCCCCCCCCc1n(C)cc[n+]1CCCCCCCCCCCC. The largest absolute Gasteiger partial charge is 0.256 e. The van der Waals surface area contributed by atoms with E-state index in [1.165, 1.54) is 173 Å². The molecule has 0 aliphatic heterocycles. The maximum absolute atomic E-state index is 2.53. The van der Waals surface area contributed by atoms with Crippen LogP contribution in [0.2, 0.25) is 0 Å². The van der Waals surface area contributed by atoms with E-state index in [0.717, 1.165) is 0 Å². The number of hydrogen-bond acceptors (Lipinski definition) is 0. The highest BCUT2D eigenvalue weighted by atomic mass is 15.1. The molecule has 0 amide bonds. The first-order chi connectivity index (χ1) is 16.8. The second kappa shape index (κ2) is 23.9. The van der Waals surface area contributed by atoms with Gasteiger partial charge in [-0.2, -0.15) is 0 Å². The van der Waals surface area contributed by atoms with E-state index in [0.29, 0.717) is 0 Å².